The number of rotatable bonds is 3. The zero-order valence-corrected chi connectivity index (χ0v) is 15.1. The van der Waals surface area contributed by atoms with Gasteiger partial charge in [0.2, 0.25) is 11.9 Å². The number of aromatic amines is 1. The lowest BCUT2D eigenvalue weighted by atomic mass is 10.1. The van der Waals surface area contributed by atoms with Crippen molar-refractivity contribution in [3.63, 3.8) is 0 Å². The predicted octanol–water partition coefficient (Wildman–Crippen LogP) is 1.69. The van der Waals surface area contributed by atoms with Crippen molar-refractivity contribution in [3.05, 3.63) is 30.5 Å². The highest BCUT2D eigenvalue weighted by molar-refractivity contribution is 5.93. The van der Waals surface area contributed by atoms with Crippen LogP contribution in [0.3, 0.4) is 0 Å². The molecular weight excluding hydrogens is 344 g/mol. The van der Waals surface area contributed by atoms with Gasteiger partial charge in [-0.3, -0.25) is 0 Å². The van der Waals surface area contributed by atoms with E-state index < -0.39 is 0 Å². The Morgan fingerprint density at radius 3 is 2.04 bits per heavy atom. The zero-order chi connectivity index (χ0) is 18.1. The number of fused-ring (bicyclic) bond motifs is 1. The Labute approximate surface area is 157 Å². The van der Waals surface area contributed by atoms with Crippen LogP contribution in [0.15, 0.2) is 30.5 Å². The van der Waals surface area contributed by atoms with E-state index in [2.05, 4.69) is 33.0 Å². The van der Waals surface area contributed by atoms with E-state index >= 15 is 0 Å². The molecule has 27 heavy (non-hydrogen) atoms. The van der Waals surface area contributed by atoms with Crippen molar-refractivity contribution in [2.75, 3.05) is 62.4 Å². The molecule has 2 fully saturated rings. The largest absolute Gasteiger partial charge is 0.378 e. The summed E-state index contributed by atoms with van der Waals surface area (Å²) in [7, 11) is 0. The Bertz CT molecular complexity index is 895. The summed E-state index contributed by atoms with van der Waals surface area (Å²) < 4.78 is 11.0. The summed E-state index contributed by atoms with van der Waals surface area (Å²) >= 11 is 0. The van der Waals surface area contributed by atoms with Crippen molar-refractivity contribution < 1.29 is 9.47 Å². The van der Waals surface area contributed by atoms with Gasteiger partial charge >= 0.3 is 0 Å². The molecule has 2 saturated heterocycles. The van der Waals surface area contributed by atoms with Gasteiger partial charge in [0.15, 0.2) is 5.82 Å². The minimum absolute atomic E-state index is 0.696. The maximum Gasteiger partial charge on any atom is 0.230 e. The molecule has 0 spiro atoms. The van der Waals surface area contributed by atoms with Crippen molar-refractivity contribution in [2.45, 2.75) is 0 Å². The van der Waals surface area contributed by atoms with Gasteiger partial charge < -0.3 is 24.3 Å². The Kier molecular flexibility index (Phi) is 4.35. The van der Waals surface area contributed by atoms with Gasteiger partial charge in [0, 0.05) is 48.8 Å². The molecule has 2 aromatic heterocycles. The van der Waals surface area contributed by atoms with E-state index in [1.807, 2.05) is 12.3 Å². The first-order chi connectivity index (χ1) is 13.4. The lowest BCUT2D eigenvalue weighted by molar-refractivity contribution is 0.121. The lowest BCUT2D eigenvalue weighted by Crippen LogP contribution is -2.40. The fourth-order valence-corrected chi connectivity index (χ4v) is 3.56. The van der Waals surface area contributed by atoms with Crippen LogP contribution in [0.4, 0.5) is 11.9 Å². The van der Waals surface area contributed by atoms with Crippen LogP contribution in [0.1, 0.15) is 0 Å². The Morgan fingerprint density at radius 2 is 1.41 bits per heavy atom. The summed E-state index contributed by atoms with van der Waals surface area (Å²) in [4.78, 5) is 22.1. The second kappa shape index (κ2) is 7.13. The molecule has 4 heterocycles. The van der Waals surface area contributed by atoms with Crippen LogP contribution in [-0.4, -0.2) is 72.5 Å². The average Bonchev–Trinajstić information content (AvgIpc) is 3.24. The monoisotopic (exact) mass is 366 g/mol. The van der Waals surface area contributed by atoms with Crippen molar-refractivity contribution in [3.8, 4) is 11.4 Å². The topological polar surface area (TPSA) is 79.4 Å². The maximum atomic E-state index is 5.49. The van der Waals surface area contributed by atoms with E-state index in [9.17, 15) is 0 Å². The third-order valence-electron chi connectivity index (χ3n) is 5.04. The zero-order valence-electron chi connectivity index (χ0n) is 15.1. The second-order valence-corrected chi connectivity index (χ2v) is 6.70. The fourth-order valence-electron chi connectivity index (χ4n) is 3.56. The number of nitrogens with one attached hydrogen (secondary N) is 1. The Morgan fingerprint density at radius 1 is 0.778 bits per heavy atom. The van der Waals surface area contributed by atoms with Gasteiger partial charge in [-0.1, -0.05) is 12.1 Å². The van der Waals surface area contributed by atoms with Gasteiger partial charge in [0.1, 0.15) is 0 Å². The standard InChI is InChI=1S/C19H22N6O2/c1-2-15(14-4-5-20-16(14)3-1)17-21-18(24-6-10-26-11-7-24)23-19(22-17)25-8-12-27-13-9-25/h1-5,20H,6-13H2. The van der Waals surface area contributed by atoms with E-state index in [1.165, 1.54) is 0 Å². The first kappa shape index (κ1) is 16.5. The number of hydrogen-bond donors (Lipinski definition) is 1. The molecule has 8 nitrogen and oxygen atoms in total. The molecule has 0 unspecified atom stereocenters. The summed E-state index contributed by atoms with van der Waals surface area (Å²) in [5.74, 6) is 2.15. The fraction of sp³-hybridized carbons (Fsp3) is 0.421. The molecular formula is C19H22N6O2. The number of aromatic nitrogens is 4. The number of morpholine rings is 2. The predicted molar refractivity (Wildman–Crippen MR) is 103 cm³/mol. The second-order valence-electron chi connectivity index (χ2n) is 6.70. The number of nitrogens with zero attached hydrogens (tertiary/aromatic N) is 5. The highest BCUT2D eigenvalue weighted by atomic mass is 16.5. The van der Waals surface area contributed by atoms with E-state index in [0.29, 0.717) is 32.3 Å². The number of H-pyrrole nitrogens is 1. The van der Waals surface area contributed by atoms with Gasteiger partial charge in [-0.2, -0.15) is 15.0 Å². The Balaban J connectivity index is 1.61. The molecule has 1 N–H and O–H groups in total. The highest BCUT2D eigenvalue weighted by Gasteiger charge is 2.21. The molecule has 5 rings (SSSR count). The minimum atomic E-state index is 0.696. The molecule has 2 aliphatic rings. The SMILES string of the molecule is c1cc(-c2nc(N3CCOCC3)nc(N3CCOCC3)n2)c2cc[nH]c2c1. The van der Waals surface area contributed by atoms with Crippen LogP contribution in [0, 0.1) is 0 Å². The maximum absolute atomic E-state index is 5.49. The van der Waals surface area contributed by atoms with Crippen LogP contribution < -0.4 is 9.80 Å². The van der Waals surface area contributed by atoms with Crippen LogP contribution in [0.2, 0.25) is 0 Å². The van der Waals surface area contributed by atoms with Gasteiger partial charge in [0.25, 0.3) is 0 Å². The van der Waals surface area contributed by atoms with Crippen molar-refractivity contribution in [2.24, 2.45) is 0 Å². The number of benzene rings is 1. The molecule has 0 aliphatic carbocycles. The highest BCUT2D eigenvalue weighted by Crippen LogP contribution is 2.28. The van der Waals surface area contributed by atoms with E-state index in [4.69, 9.17) is 24.4 Å². The van der Waals surface area contributed by atoms with Crippen LogP contribution >= 0.6 is 0 Å². The van der Waals surface area contributed by atoms with Gasteiger partial charge in [-0.15, -0.1) is 0 Å². The molecule has 1 aromatic carbocycles. The van der Waals surface area contributed by atoms with E-state index in [1.54, 1.807) is 0 Å². The molecule has 8 heteroatoms. The Hall–Kier alpha value is -2.71. The first-order valence-electron chi connectivity index (χ1n) is 9.36. The first-order valence-corrected chi connectivity index (χ1v) is 9.36. The minimum Gasteiger partial charge on any atom is -0.378 e. The lowest BCUT2D eigenvalue weighted by Gasteiger charge is -2.30. The number of ether oxygens (including phenoxy) is 2. The molecule has 0 amide bonds. The normalized spacial score (nSPS) is 18.2. The van der Waals surface area contributed by atoms with Crippen LogP contribution in [-0.2, 0) is 9.47 Å². The number of hydrogen-bond acceptors (Lipinski definition) is 7. The molecule has 0 bridgehead atoms. The summed E-state index contributed by atoms with van der Waals surface area (Å²) in [6, 6.07) is 8.22. The van der Waals surface area contributed by atoms with E-state index in [-0.39, 0.29) is 0 Å². The van der Waals surface area contributed by atoms with E-state index in [0.717, 1.165) is 54.5 Å². The third kappa shape index (κ3) is 3.22. The number of anilines is 2. The van der Waals surface area contributed by atoms with Gasteiger partial charge in [0.05, 0.1) is 26.4 Å². The van der Waals surface area contributed by atoms with Gasteiger partial charge in [-0.25, -0.2) is 0 Å². The average molecular weight is 366 g/mol. The molecule has 3 aromatic rings. The quantitative estimate of drug-likeness (QED) is 0.756. The molecule has 0 radical (unpaired) electrons. The molecule has 0 atom stereocenters. The molecule has 140 valence electrons. The molecule has 0 saturated carbocycles. The van der Waals surface area contributed by atoms with Gasteiger partial charge in [-0.05, 0) is 12.1 Å². The summed E-state index contributed by atoms with van der Waals surface area (Å²) in [5, 5.41) is 1.12. The van der Waals surface area contributed by atoms with Crippen molar-refractivity contribution in [1.82, 2.24) is 19.9 Å². The van der Waals surface area contributed by atoms with Crippen molar-refractivity contribution >= 4 is 22.8 Å². The van der Waals surface area contributed by atoms with Crippen molar-refractivity contribution in [1.29, 1.82) is 0 Å². The summed E-state index contributed by atoms with van der Waals surface area (Å²) in [6.45, 7) is 5.95. The summed E-state index contributed by atoms with van der Waals surface area (Å²) in [6.07, 6.45) is 1.95. The molecule has 2 aliphatic heterocycles. The summed E-state index contributed by atoms with van der Waals surface area (Å²) in [5.41, 5.74) is 2.09. The smallest absolute Gasteiger partial charge is 0.230 e. The van der Waals surface area contributed by atoms with Crippen LogP contribution in [0.25, 0.3) is 22.3 Å². The third-order valence-corrected chi connectivity index (χ3v) is 5.04. The van der Waals surface area contributed by atoms with Crippen LogP contribution in [0.5, 0.6) is 0 Å².